The van der Waals surface area contributed by atoms with E-state index in [9.17, 15) is 0 Å². The van der Waals surface area contributed by atoms with E-state index in [2.05, 4.69) is 42.7 Å². The molecule has 0 fully saturated rings. The Labute approximate surface area is 130 Å². The highest BCUT2D eigenvalue weighted by Gasteiger charge is 2.15. The zero-order valence-electron chi connectivity index (χ0n) is 13.1. The molecule has 3 nitrogen and oxygen atoms in total. The standard InChI is InChI=1S/C17H23NO2S/c1-5-18-15(14-8-9-21-12(14)2)10-13-6-7-16(19-3)17(11-13)20-4/h6-9,11,15,18H,5,10H2,1-4H3. The minimum Gasteiger partial charge on any atom is -0.493 e. The molecule has 21 heavy (non-hydrogen) atoms. The molecule has 1 aromatic heterocycles. The molecule has 114 valence electrons. The highest BCUT2D eigenvalue weighted by atomic mass is 32.1. The van der Waals surface area contributed by atoms with Crippen molar-refractivity contribution in [2.75, 3.05) is 20.8 Å². The minimum absolute atomic E-state index is 0.333. The minimum atomic E-state index is 0.333. The molecule has 2 rings (SSSR count). The van der Waals surface area contributed by atoms with Crippen LogP contribution in [0.2, 0.25) is 0 Å². The van der Waals surface area contributed by atoms with Crippen molar-refractivity contribution in [2.24, 2.45) is 0 Å². The summed E-state index contributed by atoms with van der Waals surface area (Å²) in [4.78, 5) is 1.38. The summed E-state index contributed by atoms with van der Waals surface area (Å²) in [6.45, 7) is 5.27. The molecule has 0 spiro atoms. The molecule has 0 saturated carbocycles. The van der Waals surface area contributed by atoms with Gasteiger partial charge in [0.15, 0.2) is 11.5 Å². The Kier molecular flexibility index (Phi) is 5.65. The molecule has 0 bridgehead atoms. The van der Waals surface area contributed by atoms with E-state index < -0.39 is 0 Å². The molecule has 1 aromatic carbocycles. The van der Waals surface area contributed by atoms with Gasteiger partial charge in [0.25, 0.3) is 0 Å². The lowest BCUT2D eigenvalue weighted by atomic mass is 9.99. The fourth-order valence-electron chi connectivity index (χ4n) is 2.54. The van der Waals surface area contributed by atoms with Gasteiger partial charge in [0, 0.05) is 10.9 Å². The molecule has 1 N–H and O–H groups in total. The third kappa shape index (κ3) is 3.77. The fraction of sp³-hybridized carbons (Fsp3) is 0.412. The molecule has 0 radical (unpaired) electrons. The molecule has 0 amide bonds. The highest BCUT2D eigenvalue weighted by molar-refractivity contribution is 7.10. The Hall–Kier alpha value is -1.52. The summed E-state index contributed by atoms with van der Waals surface area (Å²) in [5.41, 5.74) is 2.63. The van der Waals surface area contributed by atoms with Crippen LogP contribution in [0.5, 0.6) is 11.5 Å². The van der Waals surface area contributed by atoms with Crippen LogP contribution >= 0.6 is 11.3 Å². The maximum absolute atomic E-state index is 5.39. The van der Waals surface area contributed by atoms with Gasteiger partial charge >= 0.3 is 0 Å². The van der Waals surface area contributed by atoms with Gasteiger partial charge in [-0.1, -0.05) is 13.0 Å². The van der Waals surface area contributed by atoms with Crippen LogP contribution in [0.1, 0.15) is 29.0 Å². The molecule has 0 saturated heterocycles. The molecule has 0 aliphatic heterocycles. The first kappa shape index (κ1) is 15.9. The van der Waals surface area contributed by atoms with Crippen molar-refractivity contribution in [1.82, 2.24) is 5.32 Å². The van der Waals surface area contributed by atoms with E-state index in [1.165, 1.54) is 16.0 Å². The number of aryl methyl sites for hydroxylation is 1. The molecule has 1 atom stereocenters. The zero-order valence-corrected chi connectivity index (χ0v) is 13.9. The smallest absolute Gasteiger partial charge is 0.160 e. The third-order valence-corrected chi connectivity index (χ3v) is 4.47. The lowest BCUT2D eigenvalue weighted by Crippen LogP contribution is -2.23. The van der Waals surface area contributed by atoms with Crippen LogP contribution in [0.4, 0.5) is 0 Å². The number of methoxy groups -OCH3 is 2. The maximum Gasteiger partial charge on any atom is 0.160 e. The predicted molar refractivity (Wildman–Crippen MR) is 88.7 cm³/mol. The second-order valence-electron chi connectivity index (χ2n) is 4.94. The van der Waals surface area contributed by atoms with Crippen LogP contribution in [0.15, 0.2) is 29.6 Å². The van der Waals surface area contributed by atoms with Gasteiger partial charge in [-0.3, -0.25) is 0 Å². The van der Waals surface area contributed by atoms with Gasteiger partial charge in [-0.2, -0.15) is 0 Å². The van der Waals surface area contributed by atoms with E-state index in [0.717, 1.165) is 24.5 Å². The van der Waals surface area contributed by atoms with Crippen molar-refractivity contribution in [3.8, 4) is 11.5 Å². The SMILES string of the molecule is CCNC(Cc1ccc(OC)c(OC)c1)c1ccsc1C. The fourth-order valence-corrected chi connectivity index (χ4v) is 3.30. The van der Waals surface area contributed by atoms with Crippen molar-refractivity contribution in [3.05, 3.63) is 45.6 Å². The normalized spacial score (nSPS) is 12.2. The maximum atomic E-state index is 5.39. The van der Waals surface area contributed by atoms with Crippen molar-refractivity contribution >= 4 is 11.3 Å². The summed E-state index contributed by atoms with van der Waals surface area (Å²) in [7, 11) is 3.33. The van der Waals surface area contributed by atoms with Gasteiger partial charge in [-0.05, 0) is 54.6 Å². The molecule has 0 aliphatic carbocycles. The quantitative estimate of drug-likeness (QED) is 0.839. The predicted octanol–water partition coefficient (Wildman–Crippen LogP) is 3.97. The molecule has 0 aliphatic rings. The van der Waals surface area contributed by atoms with E-state index in [0.29, 0.717) is 6.04 Å². The van der Waals surface area contributed by atoms with E-state index in [1.54, 1.807) is 25.6 Å². The average Bonchev–Trinajstić information content (AvgIpc) is 2.92. The van der Waals surface area contributed by atoms with Crippen LogP contribution in [0, 0.1) is 6.92 Å². The van der Waals surface area contributed by atoms with Crippen molar-refractivity contribution in [3.63, 3.8) is 0 Å². The Morgan fingerprint density at radius 3 is 2.48 bits per heavy atom. The number of likely N-dealkylation sites (N-methyl/N-ethyl adjacent to an activating group) is 1. The number of hydrogen-bond donors (Lipinski definition) is 1. The van der Waals surface area contributed by atoms with Crippen molar-refractivity contribution < 1.29 is 9.47 Å². The number of thiophene rings is 1. The number of nitrogens with one attached hydrogen (secondary N) is 1. The van der Waals surface area contributed by atoms with Gasteiger partial charge in [0.05, 0.1) is 14.2 Å². The Bertz CT molecular complexity index is 580. The van der Waals surface area contributed by atoms with Gasteiger partial charge in [0.2, 0.25) is 0 Å². The summed E-state index contributed by atoms with van der Waals surface area (Å²) in [5.74, 6) is 1.56. The van der Waals surface area contributed by atoms with Crippen molar-refractivity contribution in [2.45, 2.75) is 26.3 Å². The summed E-state index contributed by atoms with van der Waals surface area (Å²) in [5, 5.41) is 5.73. The number of hydrogen-bond acceptors (Lipinski definition) is 4. The molecule has 1 heterocycles. The average molecular weight is 305 g/mol. The highest BCUT2D eigenvalue weighted by Crippen LogP contribution is 2.31. The number of rotatable bonds is 7. The lowest BCUT2D eigenvalue weighted by molar-refractivity contribution is 0.354. The molecular weight excluding hydrogens is 282 g/mol. The molecule has 1 unspecified atom stereocenters. The molecule has 4 heteroatoms. The van der Waals surface area contributed by atoms with Gasteiger partial charge in [-0.25, -0.2) is 0 Å². The first-order valence-electron chi connectivity index (χ1n) is 7.17. The monoisotopic (exact) mass is 305 g/mol. The summed E-state index contributed by atoms with van der Waals surface area (Å²) in [6.07, 6.45) is 0.936. The van der Waals surface area contributed by atoms with E-state index in [1.807, 2.05) is 6.07 Å². The van der Waals surface area contributed by atoms with E-state index in [-0.39, 0.29) is 0 Å². The Morgan fingerprint density at radius 2 is 1.90 bits per heavy atom. The lowest BCUT2D eigenvalue weighted by Gasteiger charge is -2.19. The van der Waals surface area contributed by atoms with Crippen LogP contribution in [0.3, 0.4) is 0 Å². The van der Waals surface area contributed by atoms with E-state index >= 15 is 0 Å². The van der Waals surface area contributed by atoms with Gasteiger partial charge in [0.1, 0.15) is 0 Å². The summed E-state index contributed by atoms with van der Waals surface area (Å²) in [6, 6.07) is 8.68. The third-order valence-electron chi connectivity index (χ3n) is 3.61. The zero-order chi connectivity index (χ0) is 15.2. The number of benzene rings is 1. The first-order chi connectivity index (χ1) is 10.2. The Morgan fingerprint density at radius 1 is 1.14 bits per heavy atom. The topological polar surface area (TPSA) is 30.5 Å². The molecular formula is C17H23NO2S. The van der Waals surface area contributed by atoms with Crippen LogP contribution in [-0.4, -0.2) is 20.8 Å². The van der Waals surface area contributed by atoms with Crippen LogP contribution in [-0.2, 0) is 6.42 Å². The second-order valence-corrected chi connectivity index (χ2v) is 6.06. The van der Waals surface area contributed by atoms with Crippen LogP contribution in [0.25, 0.3) is 0 Å². The van der Waals surface area contributed by atoms with E-state index in [4.69, 9.17) is 9.47 Å². The van der Waals surface area contributed by atoms with Crippen LogP contribution < -0.4 is 14.8 Å². The summed E-state index contributed by atoms with van der Waals surface area (Å²) >= 11 is 1.80. The molecule has 2 aromatic rings. The first-order valence-corrected chi connectivity index (χ1v) is 8.05. The van der Waals surface area contributed by atoms with Crippen molar-refractivity contribution in [1.29, 1.82) is 0 Å². The second kappa shape index (κ2) is 7.48. The van der Waals surface area contributed by atoms with Gasteiger partial charge in [-0.15, -0.1) is 11.3 Å². The largest absolute Gasteiger partial charge is 0.493 e. The number of ether oxygens (including phenoxy) is 2. The van der Waals surface area contributed by atoms with Gasteiger partial charge < -0.3 is 14.8 Å². The Balaban J connectivity index is 2.23. The summed E-state index contributed by atoms with van der Waals surface area (Å²) < 4.78 is 10.7.